The average molecular weight is 508 g/mol. The second-order valence-corrected chi connectivity index (χ2v) is 9.59. The molecule has 0 radical (unpaired) electrons. The number of halogens is 2. The molecule has 0 aliphatic rings. The lowest BCUT2D eigenvalue weighted by Gasteiger charge is -2.16. The van der Waals surface area contributed by atoms with Crippen LogP contribution in [-0.2, 0) is 6.54 Å². The Balaban J connectivity index is 1.67. The highest BCUT2D eigenvalue weighted by molar-refractivity contribution is 7.99. The predicted molar refractivity (Wildman–Crippen MR) is 142 cm³/mol. The molecule has 0 atom stereocenters. The standard InChI is InChI=1S/C27H27F2N5OS/c1-27(2,35)16-34-15-20(14-32-34)17-4-7-26(31-13-17)24(12-30)19-8-18(9-22(10-19)33-36-3)23-6-5-21(28)11-25(23)29/h4-15,33,35H,16,30H2,1-3H3. The highest BCUT2D eigenvalue weighted by atomic mass is 32.2. The lowest BCUT2D eigenvalue weighted by molar-refractivity contribution is 0.0577. The lowest BCUT2D eigenvalue weighted by atomic mass is 9.96. The van der Waals surface area contributed by atoms with E-state index in [1.165, 1.54) is 30.3 Å². The summed E-state index contributed by atoms with van der Waals surface area (Å²) in [5.41, 5.74) is 10.5. The molecule has 36 heavy (non-hydrogen) atoms. The molecule has 9 heteroatoms. The van der Waals surface area contributed by atoms with Crippen LogP contribution in [0.25, 0.3) is 27.8 Å². The van der Waals surface area contributed by atoms with Gasteiger partial charge in [0.25, 0.3) is 0 Å². The van der Waals surface area contributed by atoms with Gasteiger partial charge in [-0.05, 0) is 61.4 Å². The van der Waals surface area contributed by atoms with Gasteiger partial charge in [0.05, 0.1) is 24.0 Å². The van der Waals surface area contributed by atoms with E-state index < -0.39 is 17.2 Å². The Morgan fingerprint density at radius 2 is 1.89 bits per heavy atom. The second-order valence-electron chi connectivity index (χ2n) is 8.98. The number of pyridine rings is 1. The van der Waals surface area contributed by atoms with Crippen molar-refractivity contribution >= 4 is 23.2 Å². The molecule has 0 unspecified atom stereocenters. The van der Waals surface area contributed by atoms with Crippen LogP contribution in [0, 0.1) is 11.6 Å². The van der Waals surface area contributed by atoms with Crippen LogP contribution in [0.2, 0.25) is 0 Å². The summed E-state index contributed by atoms with van der Waals surface area (Å²) in [5, 5.41) is 14.3. The number of nitrogens with two attached hydrogens (primary N) is 1. The molecule has 0 amide bonds. The van der Waals surface area contributed by atoms with Crippen LogP contribution in [0.15, 0.2) is 73.3 Å². The Kier molecular flexibility index (Phi) is 7.42. The number of nitrogens with one attached hydrogen (secondary N) is 1. The molecular weight excluding hydrogens is 480 g/mol. The van der Waals surface area contributed by atoms with Crippen LogP contribution in [0.3, 0.4) is 0 Å². The summed E-state index contributed by atoms with van der Waals surface area (Å²) in [7, 11) is 0. The Labute approximate surface area is 213 Å². The van der Waals surface area contributed by atoms with E-state index in [9.17, 15) is 13.9 Å². The van der Waals surface area contributed by atoms with Gasteiger partial charge in [-0.1, -0.05) is 18.0 Å². The zero-order valence-corrected chi connectivity index (χ0v) is 21.0. The first kappa shape index (κ1) is 25.4. The summed E-state index contributed by atoms with van der Waals surface area (Å²) in [6.45, 7) is 3.83. The third-order valence-corrected chi connectivity index (χ3v) is 5.87. The van der Waals surface area contributed by atoms with Crippen molar-refractivity contribution in [1.82, 2.24) is 14.8 Å². The Bertz CT molecular complexity index is 1390. The van der Waals surface area contributed by atoms with Gasteiger partial charge in [-0.3, -0.25) is 9.67 Å². The minimum absolute atomic E-state index is 0.283. The molecule has 0 saturated carbocycles. The predicted octanol–water partition coefficient (Wildman–Crippen LogP) is 5.70. The van der Waals surface area contributed by atoms with Crippen LogP contribution < -0.4 is 10.5 Å². The van der Waals surface area contributed by atoms with E-state index in [0.29, 0.717) is 23.4 Å². The molecule has 0 fully saturated rings. The minimum Gasteiger partial charge on any atom is -0.404 e. The van der Waals surface area contributed by atoms with Gasteiger partial charge in [0.15, 0.2) is 0 Å². The van der Waals surface area contributed by atoms with Crippen LogP contribution in [-0.4, -0.2) is 31.7 Å². The van der Waals surface area contributed by atoms with E-state index in [0.717, 1.165) is 28.4 Å². The van der Waals surface area contributed by atoms with E-state index in [4.69, 9.17) is 5.73 Å². The first-order chi connectivity index (χ1) is 17.2. The van der Waals surface area contributed by atoms with Gasteiger partial charge < -0.3 is 15.6 Å². The normalized spacial score (nSPS) is 12.1. The molecule has 6 nitrogen and oxygen atoms in total. The maximum absolute atomic E-state index is 14.6. The molecule has 0 saturated heterocycles. The van der Waals surface area contributed by atoms with E-state index >= 15 is 0 Å². The van der Waals surface area contributed by atoms with Gasteiger partial charge >= 0.3 is 0 Å². The number of aliphatic hydroxyl groups is 1. The number of rotatable bonds is 8. The van der Waals surface area contributed by atoms with Gasteiger partial charge in [-0.15, -0.1) is 0 Å². The van der Waals surface area contributed by atoms with E-state index in [-0.39, 0.29) is 5.56 Å². The molecular formula is C27H27F2N5OS. The topological polar surface area (TPSA) is 89.0 Å². The largest absolute Gasteiger partial charge is 0.404 e. The zero-order valence-electron chi connectivity index (χ0n) is 20.2. The van der Waals surface area contributed by atoms with Gasteiger partial charge in [0.1, 0.15) is 11.6 Å². The van der Waals surface area contributed by atoms with Gasteiger partial charge in [0, 0.05) is 58.9 Å². The Morgan fingerprint density at radius 3 is 2.53 bits per heavy atom. The maximum Gasteiger partial charge on any atom is 0.133 e. The SMILES string of the molecule is CSNc1cc(C(=CN)c2ccc(-c3cnn(CC(C)(C)O)c3)cn2)cc(-c2ccc(F)cc2F)c1. The number of hydrogen-bond donors (Lipinski definition) is 3. The van der Waals surface area contributed by atoms with Crippen LogP contribution in [0.1, 0.15) is 25.1 Å². The van der Waals surface area contributed by atoms with Crippen molar-refractivity contribution in [3.05, 3.63) is 96.2 Å². The number of hydrogen-bond acceptors (Lipinski definition) is 6. The zero-order chi connectivity index (χ0) is 25.9. The number of nitrogens with zero attached hydrogens (tertiary/aromatic N) is 3. The van der Waals surface area contributed by atoms with Gasteiger partial charge in [0.2, 0.25) is 0 Å². The first-order valence-corrected chi connectivity index (χ1v) is 12.4. The van der Waals surface area contributed by atoms with Gasteiger partial charge in [-0.2, -0.15) is 5.10 Å². The van der Waals surface area contributed by atoms with Crippen molar-refractivity contribution in [1.29, 1.82) is 0 Å². The molecule has 0 bridgehead atoms. The summed E-state index contributed by atoms with van der Waals surface area (Å²) in [4.78, 5) is 4.61. The van der Waals surface area contributed by atoms with Crippen molar-refractivity contribution in [2.45, 2.75) is 26.0 Å². The molecule has 2 heterocycles. The van der Waals surface area contributed by atoms with Crippen molar-refractivity contribution in [2.75, 3.05) is 11.0 Å². The summed E-state index contributed by atoms with van der Waals surface area (Å²) < 4.78 is 32.9. The summed E-state index contributed by atoms with van der Waals surface area (Å²) in [5.74, 6) is -1.28. The average Bonchev–Trinajstić information content (AvgIpc) is 3.27. The first-order valence-electron chi connectivity index (χ1n) is 11.2. The molecule has 4 rings (SSSR count). The summed E-state index contributed by atoms with van der Waals surface area (Å²) in [6, 6.07) is 12.8. The highest BCUT2D eigenvalue weighted by Crippen LogP contribution is 2.33. The Hall–Kier alpha value is -3.69. The molecule has 0 spiro atoms. The van der Waals surface area contributed by atoms with Crippen molar-refractivity contribution in [3.8, 4) is 22.3 Å². The fourth-order valence-corrected chi connectivity index (χ4v) is 4.24. The van der Waals surface area contributed by atoms with E-state index in [1.54, 1.807) is 43.1 Å². The van der Waals surface area contributed by atoms with Crippen LogP contribution >= 0.6 is 11.9 Å². The molecule has 4 N–H and O–H groups in total. The molecule has 4 aromatic rings. The van der Waals surface area contributed by atoms with E-state index in [2.05, 4.69) is 14.8 Å². The summed E-state index contributed by atoms with van der Waals surface area (Å²) in [6.07, 6.45) is 8.66. The molecule has 2 aromatic carbocycles. The number of anilines is 1. The van der Waals surface area contributed by atoms with Crippen molar-refractivity contribution < 1.29 is 13.9 Å². The summed E-state index contributed by atoms with van der Waals surface area (Å²) >= 11 is 1.40. The molecule has 186 valence electrons. The number of benzene rings is 2. The fourth-order valence-electron chi connectivity index (χ4n) is 3.89. The molecule has 0 aliphatic carbocycles. The second kappa shape index (κ2) is 10.5. The van der Waals surface area contributed by atoms with Crippen LogP contribution in [0.4, 0.5) is 14.5 Å². The Morgan fingerprint density at radius 1 is 1.08 bits per heavy atom. The molecule has 0 aliphatic heterocycles. The lowest BCUT2D eigenvalue weighted by Crippen LogP contribution is -2.26. The van der Waals surface area contributed by atoms with Crippen LogP contribution in [0.5, 0.6) is 0 Å². The maximum atomic E-state index is 14.6. The van der Waals surface area contributed by atoms with Gasteiger partial charge in [-0.25, -0.2) is 8.78 Å². The number of aromatic nitrogens is 3. The van der Waals surface area contributed by atoms with Crippen molar-refractivity contribution in [2.24, 2.45) is 5.73 Å². The highest BCUT2D eigenvalue weighted by Gasteiger charge is 2.16. The third kappa shape index (κ3) is 5.92. The van der Waals surface area contributed by atoms with E-state index in [1.807, 2.05) is 30.7 Å². The fraction of sp³-hybridized carbons (Fsp3) is 0.185. The third-order valence-electron chi connectivity index (χ3n) is 5.43. The molecule has 2 aromatic heterocycles. The van der Waals surface area contributed by atoms with Crippen molar-refractivity contribution in [3.63, 3.8) is 0 Å². The monoisotopic (exact) mass is 507 g/mol. The smallest absolute Gasteiger partial charge is 0.133 e. The minimum atomic E-state index is -0.873. The quantitative estimate of drug-likeness (QED) is 0.265.